The lowest BCUT2D eigenvalue weighted by atomic mass is 10.1. The lowest BCUT2D eigenvalue weighted by Crippen LogP contribution is -2.26. The lowest BCUT2D eigenvalue weighted by molar-refractivity contribution is 0.289. The van der Waals surface area contributed by atoms with Gasteiger partial charge in [-0.15, -0.1) is 0 Å². The van der Waals surface area contributed by atoms with Crippen molar-refractivity contribution in [2.75, 3.05) is 6.61 Å². The minimum absolute atomic E-state index is 0.409. The van der Waals surface area contributed by atoms with Gasteiger partial charge in [0.2, 0.25) is 0 Å². The molecule has 0 saturated heterocycles. The minimum Gasteiger partial charge on any atom is -0.494 e. The van der Waals surface area contributed by atoms with E-state index >= 15 is 0 Å². The van der Waals surface area contributed by atoms with Crippen molar-refractivity contribution in [2.24, 2.45) is 5.92 Å². The average Bonchev–Trinajstić information content (AvgIpc) is 3.07. The molecule has 0 heterocycles. The highest BCUT2D eigenvalue weighted by molar-refractivity contribution is 5.27. The van der Waals surface area contributed by atoms with E-state index in [2.05, 4.69) is 50.4 Å². The largest absolute Gasteiger partial charge is 0.494 e. The van der Waals surface area contributed by atoms with Gasteiger partial charge >= 0.3 is 0 Å². The Labute approximate surface area is 111 Å². The second-order valence-electron chi connectivity index (χ2n) is 6.09. The quantitative estimate of drug-likeness (QED) is 0.792. The maximum atomic E-state index is 5.71. The zero-order valence-corrected chi connectivity index (χ0v) is 11.8. The molecule has 0 unspecified atom stereocenters. The lowest BCUT2D eigenvalue weighted by Gasteiger charge is -2.12. The van der Waals surface area contributed by atoms with Gasteiger partial charge in [-0.1, -0.05) is 26.0 Å². The fourth-order valence-corrected chi connectivity index (χ4v) is 1.80. The summed E-state index contributed by atoms with van der Waals surface area (Å²) in [6.07, 6.45) is 3.73. The Morgan fingerprint density at radius 1 is 1.22 bits per heavy atom. The van der Waals surface area contributed by atoms with Crippen LogP contribution in [0.1, 0.15) is 45.6 Å². The molecule has 0 atom stereocenters. The van der Waals surface area contributed by atoms with Crippen LogP contribution in [-0.4, -0.2) is 12.1 Å². The summed E-state index contributed by atoms with van der Waals surface area (Å²) in [6, 6.07) is 8.46. The molecule has 0 spiro atoms. The van der Waals surface area contributed by atoms with Gasteiger partial charge in [0.15, 0.2) is 0 Å². The number of ether oxygens (including phenoxy) is 1. The fourth-order valence-electron chi connectivity index (χ4n) is 1.80. The summed E-state index contributed by atoms with van der Waals surface area (Å²) < 4.78 is 5.71. The van der Waals surface area contributed by atoms with E-state index in [9.17, 15) is 0 Å². The number of rotatable bonds is 7. The number of nitrogens with one attached hydrogen (secondary N) is 1. The molecule has 0 bridgehead atoms. The molecule has 1 saturated carbocycles. The summed E-state index contributed by atoms with van der Waals surface area (Å²) in [5.41, 5.74) is 1.74. The number of benzene rings is 1. The van der Waals surface area contributed by atoms with Crippen LogP contribution < -0.4 is 10.1 Å². The van der Waals surface area contributed by atoms with Crippen LogP contribution in [0.15, 0.2) is 24.3 Å². The Hall–Kier alpha value is -1.02. The van der Waals surface area contributed by atoms with Crippen molar-refractivity contribution < 1.29 is 4.74 Å². The summed E-state index contributed by atoms with van der Waals surface area (Å²) in [4.78, 5) is 0. The van der Waals surface area contributed by atoms with Crippen molar-refractivity contribution in [1.82, 2.24) is 5.32 Å². The van der Waals surface area contributed by atoms with E-state index < -0.39 is 0 Å². The predicted octanol–water partition coefficient (Wildman–Crippen LogP) is 3.75. The Bertz CT molecular complexity index is 365. The average molecular weight is 247 g/mol. The summed E-state index contributed by atoms with van der Waals surface area (Å²) in [7, 11) is 0. The molecule has 18 heavy (non-hydrogen) atoms. The van der Waals surface area contributed by atoms with Crippen molar-refractivity contribution >= 4 is 0 Å². The van der Waals surface area contributed by atoms with Gasteiger partial charge in [-0.2, -0.15) is 0 Å². The van der Waals surface area contributed by atoms with Crippen LogP contribution in [0, 0.1) is 5.92 Å². The SMILES string of the molecule is CC(C)CCOc1ccc(CNC2(C)CC2)cc1. The van der Waals surface area contributed by atoms with Gasteiger partial charge < -0.3 is 10.1 Å². The highest BCUT2D eigenvalue weighted by Gasteiger charge is 2.36. The van der Waals surface area contributed by atoms with Crippen LogP contribution >= 0.6 is 0 Å². The maximum absolute atomic E-state index is 5.71. The highest BCUT2D eigenvalue weighted by Crippen LogP contribution is 2.34. The molecule has 1 N–H and O–H groups in total. The topological polar surface area (TPSA) is 21.3 Å². The maximum Gasteiger partial charge on any atom is 0.119 e. The normalized spacial score (nSPS) is 16.9. The standard InChI is InChI=1S/C16H25NO/c1-13(2)8-11-18-15-6-4-14(5-7-15)12-17-16(3)9-10-16/h4-7,13,17H,8-12H2,1-3H3. The smallest absolute Gasteiger partial charge is 0.119 e. The summed E-state index contributed by atoms with van der Waals surface area (Å²) in [5.74, 6) is 1.68. The molecule has 1 aromatic carbocycles. The molecule has 2 heteroatoms. The van der Waals surface area contributed by atoms with Crippen LogP contribution in [0.25, 0.3) is 0 Å². The third-order valence-electron chi connectivity index (χ3n) is 3.61. The van der Waals surface area contributed by atoms with Gasteiger partial charge in [-0.3, -0.25) is 0 Å². The summed E-state index contributed by atoms with van der Waals surface area (Å²) in [5, 5.41) is 3.59. The third-order valence-corrected chi connectivity index (χ3v) is 3.61. The Morgan fingerprint density at radius 2 is 1.89 bits per heavy atom. The molecule has 100 valence electrons. The molecule has 2 rings (SSSR count). The molecule has 1 aliphatic carbocycles. The molecule has 1 fully saturated rings. The van der Waals surface area contributed by atoms with E-state index in [4.69, 9.17) is 4.74 Å². The summed E-state index contributed by atoms with van der Waals surface area (Å²) in [6.45, 7) is 8.50. The van der Waals surface area contributed by atoms with Gasteiger partial charge in [0.1, 0.15) is 5.75 Å². The molecule has 2 nitrogen and oxygen atoms in total. The van der Waals surface area contributed by atoms with Crippen LogP contribution in [0.2, 0.25) is 0 Å². The second-order valence-corrected chi connectivity index (χ2v) is 6.09. The van der Waals surface area contributed by atoms with Crippen molar-refractivity contribution in [1.29, 1.82) is 0 Å². The van der Waals surface area contributed by atoms with Crippen LogP contribution in [0.5, 0.6) is 5.75 Å². The monoisotopic (exact) mass is 247 g/mol. The van der Waals surface area contributed by atoms with Gasteiger partial charge in [0.05, 0.1) is 6.61 Å². The van der Waals surface area contributed by atoms with Crippen LogP contribution in [0.4, 0.5) is 0 Å². The first-order chi connectivity index (χ1) is 8.57. The first-order valence-electron chi connectivity index (χ1n) is 7.04. The Morgan fingerprint density at radius 3 is 2.44 bits per heavy atom. The number of hydrogen-bond donors (Lipinski definition) is 1. The van der Waals surface area contributed by atoms with Crippen LogP contribution in [0.3, 0.4) is 0 Å². The van der Waals surface area contributed by atoms with E-state index in [0.29, 0.717) is 11.5 Å². The van der Waals surface area contributed by atoms with Gasteiger partial charge in [0.25, 0.3) is 0 Å². The van der Waals surface area contributed by atoms with Crippen molar-refractivity contribution in [3.05, 3.63) is 29.8 Å². The zero-order valence-electron chi connectivity index (χ0n) is 11.8. The van der Waals surface area contributed by atoms with E-state index in [1.807, 2.05) is 0 Å². The Balaban J connectivity index is 1.74. The van der Waals surface area contributed by atoms with Gasteiger partial charge in [-0.05, 0) is 49.8 Å². The molecular formula is C16H25NO. The van der Waals surface area contributed by atoms with E-state index in [1.165, 1.54) is 18.4 Å². The Kier molecular flexibility index (Phi) is 4.28. The van der Waals surface area contributed by atoms with E-state index in [-0.39, 0.29) is 0 Å². The van der Waals surface area contributed by atoms with Crippen LogP contribution in [-0.2, 0) is 6.54 Å². The first kappa shape index (κ1) is 13.4. The first-order valence-corrected chi connectivity index (χ1v) is 7.04. The molecule has 0 aromatic heterocycles. The third kappa shape index (κ3) is 4.34. The molecule has 0 amide bonds. The van der Waals surface area contributed by atoms with Crippen molar-refractivity contribution in [3.63, 3.8) is 0 Å². The van der Waals surface area contributed by atoms with Crippen molar-refractivity contribution in [3.8, 4) is 5.75 Å². The zero-order chi connectivity index (χ0) is 13.0. The molecular weight excluding hydrogens is 222 g/mol. The van der Waals surface area contributed by atoms with Gasteiger partial charge in [0, 0.05) is 12.1 Å². The molecule has 1 aliphatic rings. The van der Waals surface area contributed by atoms with Crippen molar-refractivity contribution in [2.45, 2.75) is 52.1 Å². The second kappa shape index (κ2) is 5.75. The fraction of sp³-hybridized carbons (Fsp3) is 0.625. The van der Waals surface area contributed by atoms with E-state index in [1.54, 1.807) is 0 Å². The van der Waals surface area contributed by atoms with E-state index in [0.717, 1.165) is 25.3 Å². The number of hydrogen-bond acceptors (Lipinski definition) is 2. The molecule has 0 aliphatic heterocycles. The predicted molar refractivity (Wildman–Crippen MR) is 75.9 cm³/mol. The minimum atomic E-state index is 0.409. The highest BCUT2D eigenvalue weighted by atomic mass is 16.5. The molecule has 1 aromatic rings. The molecule has 0 radical (unpaired) electrons. The summed E-state index contributed by atoms with van der Waals surface area (Å²) >= 11 is 0. The van der Waals surface area contributed by atoms with Gasteiger partial charge in [-0.25, -0.2) is 0 Å².